The molecule has 0 radical (unpaired) electrons. The second-order valence-corrected chi connectivity index (χ2v) is 10.2. The molecule has 8 nitrogen and oxygen atoms in total. The minimum Gasteiger partial charge on any atom is -0.365 e. The number of rotatable bonds is 6. The first-order chi connectivity index (χ1) is 17.5. The number of carbonyl (C=O) groups excluding carboxylic acids is 2. The number of fused-ring (bicyclic) bond motifs is 2. The van der Waals surface area contributed by atoms with E-state index < -0.39 is 35.8 Å². The highest BCUT2D eigenvalue weighted by Crippen LogP contribution is 2.48. The Morgan fingerprint density at radius 2 is 1.78 bits per heavy atom. The van der Waals surface area contributed by atoms with Crippen LogP contribution >= 0.6 is 11.3 Å². The van der Waals surface area contributed by atoms with E-state index >= 15 is 0 Å². The van der Waals surface area contributed by atoms with Crippen LogP contribution in [0.1, 0.15) is 86.7 Å². The van der Waals surface area contributed by atoms with Gasteiger partial charge in [0.1, 0.15) is 21.1 Å². The maximum absolute atomic E-state index is 13.7. The van der Waals surface area contributed by atoms with E-state index in [1.807, 2.05) is 0 Å². The van der Waals surface area contributed by atoms with Crippen molar-refractivity contribution in [2.45, 2.75) is 50.1 Å². The lowest BCUT2D eigenvalue weighted by atomic mass is 10.0. The van der Waals surface area contributed by atoms with Crippen molar-refractivity contribution in [3.63, 3.8) is 0 Å². The molecule has 4 aromatic heterocycles. The molecule has 2 aliphatic carbocycles. The van der Waals surface area contributed by atoms with Crippen LogP contribution in [0.15, 0.2) is 18.2 Å². The van der Waals surface area contributed by atoms with Crippen LogP contribution in [0.5, 0.6) is 0 Å². The number of carbonyl (C=O) groups is 2. The van der Waals surface area contributed by atoms with Gasteiger partial charge in [-0.2, -0.15) is 18.3 Å². The van der Waals surface area contributed by atoms with Gasteiger partial charge in [0.25, 0.3) is 18.2 Å². The van der Waals surface area contributed by atoms with E-state index in [2.05, 4.69) is 20.4 Å². The van der Waals surface area contributed by atoms with E-state index in [0.717, 1.165) is 49.2 Å². The summed E-state index contributed by atoms with van der Waals surface area (Å²) >= 11 is 0.763. The van der Waals surface area contributed by atoms with Crippen LogP contribution in [0, 0.1) is 0 Å². The topological polar surface area (TPSA) is 115 Å². The number of amides is 2. The first-order valence-electron chi connectivity index (χ1n) is 11.4. The lowest BCUT2D eigenvalue weighted by molar-refractivity contribution is -0.142. The summed E-state index contributed by atoms with van der Waals surface area (Å²) in [7, 11) is 0. The molecule has 0 saturated heterocycles. The van der Waals surface area contributed by atoms with Gasteiger partial charge in [-0.05, 0) is 49.3 Å². The highest BCUT2D eigenvalue weighted by Gasteiger charge is 2.38. The van der Waals surface area contributed by atoms with Gasteiger partial charge in [0.15, 0.2) is 11.3 Å². The van der Waals surface area contributed by atoms with Crippen LogP contribution in [0.2, 0.25) is 0 Å². The maximum atomic E-state index is 13.7. The molecule has 4 aromatic rings. The zero-order chi connectivity index (χ0) is 26.2. The number of nitrogens with two attached hydrogens (primary N) is 1. The van der Waals surface area contributed by atoms with Crippen LogP contribution in [0.4, 0.5) is 27.6 Å². The third-order valence-electron chi connectivity index (χ3n) is 6.38. The van der Waals surface area contributed by atoms with Crippen molar-refractivity contribution in [3.8, 4) is 0 Å². The van der Waals surface area contributed by atoms with E-state index in [4.69, 9.17) is 5.73 Å². The Labute approximate surface area is 208 Å². The molecule has 2 aliphatic rings. The van der Waals surface area contributed by atoms with Crippen molar-refractivity contribution in [1.82, 2.24) is 19.6 Å². The second kappa shape index (κ2) is 8.16. The summed E-state index contributed by atoms with van der Waals surface area (Å²) in [5.74, 6) is -1.94. The van der Waals surface area contributed by atoms with Gasteiger partial charge in [-0.25, -0.2) is 23.3 Å². The zero-order valence-electron chi connectivity index (χ0n) is 18.8. The Kier molecular flexibility index (Phi) is 5.23. The summed E-state index contributed by atoms with van der Waals surface area (Å²) < 4.78 is 68.6. The molecule has 37 heavy (non-hydrogen) atoms. The highest BCUT2D eigenvalue weighted by molar-refractivity contribution is 7.21. The van der Waals surface area contributed by atoms with Crippen molar-refractivity contribution in [1.29, 1.82) is 0 Å². The standard InChI is InChI=1S/C23H17F5N6O2S/c24-19(25)12-5-10(8-1-2-8)16-17(18(20(29)35)37-22(16)31-12)32-21(36)13-7-15-30-11(9-3-4-9)6-14(23(26,27)28)34(15)33-13/h5-9,19H,1-4H2,(H2,29,35)(H,32,36). The summed E-state index contributed by atoms with van der Waals surface area (Å²) in [6.45, 7) is 0. The monoisotopic (exact) mass is 536 g/mol. The van der Waals surface area contributed by atoms with Gasteiger partial charge in [0.2, 0.25) is 0 Å². The van der Waals surface area contributed by atoms with Crippen molar-refractivity contribution in [2.24, 2.45) is 5.73 Å². The minimum atomic E-state index is -4.74. The van der Waals surface area contributed by atoms with Crippen molar-refractivity contribution >= 4 is 44.7 Å². The minimum absolute atomic E-state index is 0.0209. The van der Waals surface area contributed by atoms with Crippen LogP contribution in [0.25, 0.3) is 15.9 Å². The Balaban J connectivity index is 1.45. The average Bonchev–Trinajstić information content (AvgIpc) is 3.76. The first-order valence-corrected chi connectivity index (χ1v) is 12.2. The number of nitrogens with one attached hydrogen (secondary N) is 1. The first kappa shape index (κ1) is 23.7. The predicted molar refractivity (Wildman–Crippen MR) is 123 cm³/mol. The fourth-order valence-electron chi connectivity index (χ4n) is 4.34. The van der Waals surface area contributed by atoms with E-state index in [-0.39, 0.29) is 44.3 Å². The van der Waals surface area contributed by atoms with Gasteiger partial charge >= 0.3 is 6.18 Å². The van der Waals surface area contributed by atoms with Crippen LogP contribution in [-0.4, -0.2) is 31.4 Å². The van der Waals surface area contributed by atoms with Gasteiger partial charge in [0.05, 0.1) is 5.69 Å². The number of alkyl halides is 5. The number of primary amides is 1. The number of aromatic nitrogens is 4. The molecule has 0 aliphatic heterocycles. The van der Waals surface area contributed by atoms with Gasteiger partial charge in [-0.1, -0.05) is 0 Å². The molecule has 0 bridgehead atoms. The molecule has 4 heterocycles. The van der Waals surface area contributed by atoms with E-state index in [1.54, 1.807) is 0 Å². The molecular weight excluding hydrogens is 519 g/mol. The Hall–Kier alpha value is -3.68. The van der Waals surface area contributed by atoms with Crippen LogP contribution in [-0.2, 0) is 6.18 Å². The van der Waals surface area contributed by atoms with E-state index in [0.29, 0.717) is 15.5 Å². The number of halogens is 5. The molecule has 0 aromatic carbocycles. The molecule has 2 saturated carbocycles. The summed E-state index contributed by atoms with van der Waals surface area (Å²) in [4.78, 5) is 33.5. The normalized spacial score (nSPS) is 16.2. The van der Waals surface area contributed by atoms with E-state index in [1.165, 1.54) is 6.07 Å². The summed E-state index contributed by atoms with van der Waals surface area (Å²) in [6.07, 6.45) is -4.65. The molecular formula is C23H17F5N6O2S. The largest absolute Gasteiger partial charge is 0.433 e. The highest BCUT2D eigenvalue weighted by atomic mass is 32.1. The van der Waals surface area contributed by atoms with Crippen molar-refractivity contribution in [3.05, 3.63) is 51.4 Å². The molecule has 0 spiro atoms. The third kappa shape index (κ3) is 4.18. The molecule has 3 N–H and O–H groups in total. The molecule has 0 atom stereocenters. The van der Waals surface area contributed by atoms with Crippen LogP contribution in [0.3, 0.4) is 0 Å². The predicted octanol–water partition coefficient (Wildman–Crippen LogP) is 5.40. The fourth-order valence-corrected chi connectivity index (χ4v) is 5.36. The van der Waals surface area contributed by atoms with Gasteiger partial charge in [-0.3, -0.25) is 9.59 Å². The Morgan fingerprint density at radius 3 is 2.38 bits per heavy atom. The van der Waals surface area contributed by atoms with E-state index in [9.17, 15) is 31.5 Å². The van der Waals surface area contributed by atoms with Crippen molar-refractivity contribution in [2.75, 3.05) is 5.32 Å². The Morgan fingerprint density at radius 1 is 1.08 bits per heavy atom. The zero-order valence-corrected chi connectivity index (χ0v) is 19.6. The number of anilines is 1. The molecule has 192 valence electrons. The fraction of sp³-hybridized carbons (Fsp3) is 0.348. The quantitative estimate of drug-likeness (QED) is 0.320. The SMILES string of the molecule is NC(=O)c1sc2nc(C(F)F)cc(C3CC3)c2c1NC(=O)c1cc2nc(C3CC3)cc(C(F)(F)F)n2n1. The third-order valence-corrected chi connectivity index (χ3v) is 7.48. The summed E-state index contributed by atoms with van der Waals surface area (Å²) in [5, 5.41) is 6.68. The number of thiophene rings is 1. The van der Waals surface area contributed by atoms with Gasteiger partial charge in [0, 0.05) is 23.1 Å². The molecule has 14 heteroatoms. The lowest BCUT2D eigenvalue weighted by Gasteiger charge is -2.10. The molecule has 2 amide bonds. The number of nitrogens with zero attached hydrogens (tertiary/aromatic N) is 4. The van der Waals surface area contributed by atoms with Crippen molar-refractivity contribution < 1.29 is 31.5 Å². The second-order valence-electron chi connectivity index (χ2n) is 9.15. The van der Waals surface area contributed by atoms with Gasteiger partial charge in [-0.15, -0.1) is 11.3 Å². The van der Waals surface area contributed by atoms with Gasteiger partial charge < -0.3 is 11.1 Å². The lowest BCUT2D eigenvalue weighted by Crippen LogP contribution is -2.18. The molecule has 6 rings (SSSR count). The average molecular weight is 536 g/mol. The number of hydrogen-bond acceptors (Lipinski definition) is 6. The Bertz CT molecular complexity index is 1600. The molecule has 2 fully saturated rings. The number of hydrogen-bond donors (Lipinski definition) is 2. The summed E-state index contributed by atoms with van der Waals surface area (Å²) in [5.41, 5.74) is 4.24. The maximum Gasteiger partial charge on any atom is 0.433 e. The van der Waals surface area contributed by atoms with Crippen LogP contribution < -0.4 is 11.1 Å². The number of pyridine rings is 1. The smallest absolute Gasteiger partial charge is 0.365 e. The molecule has 0 unspecified atom stereocenters. The summed E-state index contributed by atoms with van der Waals surface area (Å²) in [6, 6.07) is 3.32.